The first kappa shape index (κ1) is 14.7. The maximum Gasteiger partial charge on any atom is 0.419 e. The summed E-state index contributed by atoms with van der Waals surface area (Å²) in [5, 5.41) is 0. The molecule has 4 heteroatoms. The van der Waals surface area contributed by atoms with Gasteiger partial charge in [0.25, 0.3) is 0 Å². The van der Waals surface area contributed by atoms with Gasteiger partial charge in [-0.2, -0.15) is 13.2 Å². The lowest BCUT2D eigenvalue weighted by atomic mass is 10.1. The first-order valence-electron chi connectivity index (χ1n) is 5.69. The molecule has 1 unspecified atom stereocenters. The van der Waals surface area contributed by atoms with E-state index >= 15 is 0 Å². The highest BCUT2D eigenvalue weighted by Crippen LogP contribution is 2.26. The molecule has 0 fully saturated rings. The molecule has 0 nitrogen and oxygen atoms in total. The molecule has 0 aromatic rings. The first-order valence-corrected chi connectivity index (χ1v) is 5.69. The van der Waals surface area contributed by atoms with E-state index in [4.69, 9.17) is 0 Å². The molecule has 0 heterocycles. The molecule has 0 aliphatic carbocycles. The van der Waals surface area contributed by atoms with E-state index in [0.29, 0.717) is 12.8 Å². The van der Waals surface area contributed by atoms with E-state index in [1.165, 1.54) is 6.42 Å². The van der Waals surface area contributed by atoms with Crippen LogP contribution in [0, 0.1) is 0 Å². The normalized spacial score (nSPS) is 14.2. The predicted octanol–water partition coefficient (Wildman–Crippen LogP) is 5.03. The highest BCUT2D eigenvalue weighted by atomic mass is 19.4. The quantitative estimate of drug-likeness (QED) is 0.404. The van der Waals surface area contributed by atoms with Gasteiger partial charge in [0.1, 0.15) is 0 Å². The summed E-state index contributed by atoms with van der Waals surface area (Å²) in [6, 6.07) is 0. The minimum Gasteiger partial charge on any atom is -0.237 e. The number of hydrogen-bond acceptors (Lipinski definition) is 0. The number of halogens is 4. The topological polar surface area (TPSA) is 0 Å². The van der Waals surface area contributed by atoms with Gasteiger partial charge in [0.05, 0.1) is 0 Å². The van der Waals surface area contributed by atoms with Crippen LogP contribution < -0.4 is 0 Å². The summed E-state index contributed by atoms with van der Waals surface area (Å²) in [6.45, 7) is 2.11. The van der Waals surface area contributed by atoms with Gasteiger partial charge < -0.3 is 0 Å². The van der Waals surface area contributed by atoms with Gasteiger partial charge in [0, 0.05) is 0 Å². The molecule has 0 aliphatic rings. The second-order valence-electron chi connectivity index (χ2n) is 3.92. The summed E-state index contributed by atoms with van der Waals surface area (Å²) in [7, 11) is 0. The maximum atomic E-state index is 12.4. The summed E-state index contributed by atoms with van der Waals surface area (Å²) in [5.41, 5.74) is 0. The second-order valence-corrected chi connectivity index (χ2v) is 3.92. The van der Waals surface area contributed by atoms with Crippen LogP contribution in [0.4, 0.5) is 17.6 Å². The smallest absolute Gasteiger partial charge is 0.237 e. The van der Waals surface area contributed by atoms with Crippen LogP contribution in [0.15, 0.2) is 0 Å². The molecule has 0 rings (SSSR count). The third-order valence-electron chi connectivity index (χ3n) is 2.42. The van der Waals surface area contributed by atoms with Gasteiger partial charge in [-0.15, -0.1) is 0 Å². The molecule has 0 N–H and O–H groups in total. The van der Waals surface area contributed by atoms with Crippen molar-refractivity contribution >= 4 is 0 Å². The molecule has 0 aliphatic heterocycles. The molecule has 0 spiro atoms. The summed E-state index contributed by atoms with van der Waals surface area (Å²) in [4.78, 5) is 0. The van der Waals surface area contributed by atoms with Gasteiger partial charge in [-0.25, -0.2) is 4.39 Å². The van der Waals surface area contributed by atoms with Gasteiger partial charge in [0.15, 0.2) is 6.17 Å². The van der Waals surface area contributed by atoms with E-state index < -0.39 is 12.3 Å². The largest absolute Gasteiger partial charge is 0.419 e. The lowest BCUT2D eigenvalue weighted by molar-refractivity contribution is -0.182. The fourth-order valence-electron chi connectivity index (χ4n) is 1.44. The van der Waals surface area contributed by atoms with Gasteiger partial charge in [-0.1, -0.05) is 51.9 Å². The zero-order chi connectivity index (χ0) is 11.7. The van der Waals surface area contributed by atoms with Crippen molar-refractivity contribution in [2.24, 2.45) is 0 Å². The molecule has 0 saturated carbocycles. The standard InChI is InChI=1S/C11H20F4/c1-2-3-4-5-6-7-8-9-10(12)11(13,14)15/h10H,2-9H2,1H3. The Balaban J connectivity index is 3.24. The average Bonchev–Trinajstić information content (AvgIpc) is 2.14. The zero-order valence-electron chi connectivity index (χ0n) is 9.25. The van der Waals surface area contributed by atoms with Gasteiger partial charge in [-0.3, -0.25) is 0 Å². The van der Waals surface area contributed by atoms with Gasteiger partial charge in [0.2, 0.25) is 0 Å². The molecule has 0 amide bonds. The Kier molecular flexibility index (Phi) is 7.79. The third-order valence-corrected chi connectivity index (χ3v) is 2.42. The van der Waals surface area contributed by atoms with Crippen LogP contribution in [0.2, 0.25) is 0 Å². The lowest BCUT2D eigenvalue weighted by Crippen LogP contribution is -2.23. The highest BCUT2D eigenvalue weighted by molar-refractivity contribution is 4.65. The Bertz CT molecular complexity index is 142. The van der Waals surface area contributed by atoms with E-state index in [0.717, 1.165) is 25.7 Å². The maximum absolute atomic E-state index is 12.4. The average molecular weight is 228 g/mol. The summed E-state index contributed by atoms with van der Waals surface area (Å²) >= 11 is 0. The Hall–Kier alpha value is -0.280. The SMILES string of the molecule is CCCCCCCCCC(F)C(F)(F)F. The number of unbranched alkanes of at least 4 members (excludes halogenated alkanes) is 6. The molecule has 0 aromatic carbocycles. The predicted molar refractivity (Wildman–Crippen MR) is 53.6 cm³/mol. The Morgan fingerprint density at radius 3 is 1.80 bits per heavy atom. The van der Waals surface area contributed by atoms with Crippen LogP contribution in [-0.4, -0.2) is 12.3 Å². The van der Waals surface area contributed by atoms with Crippen molar-refractivity contribution in [2.75, 3.05) is 0 Å². The van der Waals surface area contributed by atoms with Crippen LogP contribution in [0.1, 0.15) is 58.3 Å². The number of hydrogen-bond donors (Lipinski definition) is 0. The molecule has 92 valence electrons. The van der Waals surface area contributed by atoms with Crippen LogP contribution >= 0.6 is 0 Å². The van der Waals surface area contributed by atoms with E-state index in [1.54, 1.807) is 0 Å². The van der Waals surface area contributed by atoms with Crippen LogP contribution in [-0.2, 0) is 0 Å². The van der Waals surface area contributed by atoms with E-state index in [9.17, 15) is 17.6 Å². The molecule has 15 heavy (non-hydrogen) atoms. The molecule has 0 bridgehead atoms. The molecule has 0 saturated heterocycles. The van der Waals surface area contributed by atoms with Crippen LogP contribution in [0.25, 0.3) is 0 Å². The summed E-state index contributed by atoms with van der Waals surface area (Å²) < 4.78 is 47.7. The van der Waals surface area contributed by atoms with E-state index in [-0.39, 0.29) is 6.42 Å². The second kappa shape index (κ2) is 7.94. The van der Waals surface area contributed by atoms with E-state index in [2.05, 4.69) is 6.92 Å². The third kappa shape index (κ3) is 8.70. The van der Waals surface area contributed by atoms with E-state index in [1.807, 2.05) is 0 Å². The van der Waals surface area contributed by atoms with Crippen LogP contribution in [0.5, 0.6) is 0 Å². The molecular weight excluding hydrogens is 208 g/mol. The molecular formula is C11H20F4. The van der Waals surface area contributed by atoms with Gasteiger partial charge >= 0.3 is 6.18 Å². The molecule has 1 atom stereocenters. The molecule has 0 radical (unpaired) electrons. The van der Waals surface area contributed by atoms with Crippen molar-refractivity contribution in [3.63, 3.8) is 0 Å². The summed E-state index contributed by atoms with van der Waals surface area (Å²) in [6.07, 6.45) is -1.19. The number of rotatable bonds is 8. The number of alkyl halides is 4. The van der Waals surface area contributed by atoms with Crippen LogP contribution in [0.3, 0.4) is 0 Å². The van der Waals surface area contributed by atoms with Crippen molar-refractivity contribution in [3.05, 3.63) is 0 Å². The highest BCUT2D eigenvalue weighted by Gasteiger charge is 2.39. The minimum atomic E-state index is -4.66. The Morgan fingerprint density at radius 2 is 1.33 bits per heavy atom. The van der Waals surface area contributed by atoms with Crippen molar-refractivity contribution in [1.29, 1.82) is 0 Å². The van der Waals surface area contributed by atoms with Crippen molar-refractivity contribution in [2.45, 2.75) is 70.6 Å². The Labute approximate surface area is 89.1 Å². The molecule has 0 aromatic heterocycles. The first-order chi connectivity index (χ1) is 6.98. The summed E-state index contributed by atoms with van der Waals surface area (Å²) in [5.74, 6) is 0. The lowest BCUT2D eigenvalue weighted by Gasteiger charge is -2.11. The van der Waals surface area contributed by atoms with Gasteiger partial charge in [-0.05, 0) is 6.42 Å². The zero-order valence-corrected chi connectivity index (χ0v) is 9.25. The van der Waals surface area contributed by atoms with Crippen molar-refractivity contribution in [1.82, 2.24) is 0 Å². The minimum absolute atomic E-state index is 0.340. The fraction of sp³-hybridized carbons (Fsp3) is 1.00. The van der Waals surface area contributed by atoms with Crippen molar-refractivity contribution in [3.8, 4) is 0 Å². The monoisotopic (exact) mass is 228 g/mol. The fourth-order valence-corrected chi connectivity index (χ4v) is 1.44. The van der Waals surface area contributed by atoms with Crippen molar-refractivity contribution < 1.29 is 17.6 Å². The Morgan fingerprint density at radius 1 is 0.867 bits per heavy atom.